The average molecular weight is 399 g/mol. The number of carbonyl (C=O) groups excluding carboxylic acids is 1. The van der Waals surface area contributed by atoms with E-state index in [1.165, 1.54) is 0 Å². The van der Waals surface area contributed by atoms with Crippen LogP contribution in [0.15, 0.2) is 30.3 Å². The van der Waals surface area contributed by atoms with Crippen molar-refractivity contribution in [2.45, 2.75) is 13.8 Å². The molecule has 0 spiro atoms. The van der Waals surface area contributed by atoms with E-state index in [0.717, 1.165) is 24.7 Å². The minimum atomic E-state index is -0.0233. The van der Waals surface area contributed by atoms with Gasteiger partial charge in [-0.05, 0) is 38.1 Å². The zero-order valence-corrected chi connectivity index (χ0v) is 17.6. The third-order valence-electron chi connectivity index (χ3n) is 5.21. The molecule has 0 bridgehead atoms. The summed E-state index contributed by atoms with van der Waals surface area (Å²) in [4.78, 5) is 19.1. The zero-order valence-electron chi connectivity index (χ0n) is 17.6. The van der Waals surface area contributed by atoms with Crippen molar-refractivity contribution in [3.63, 3.8) is 0 Å². The lowest BCUT2D eigenvalue weighted by atomic mass is 10.1. The Balaban J connectivity index is 1.64. The van der Waals surface area contributed by atoms with Gasteiger partial charge in [-0.15, -0.1) is 10.2 Å². The van der Waals surface area contributed by atoms with E-state index in [1.54, 1.807) is 32.4 Å². The Morgan fingerprint density at radius 3 is 2.07 bits per heavy atom. The number of amides is 1. The van der Waals surface area contributed by atoms with Crippen molar-refractivity contribution < 1.29 is 14.3 Å². The highest BCUT2D eigenvalue weighted by Gasteiger charge is 2.24. The van der Waals surface area contributed by atoms with Crippen LogP contribution in [-0.4, -0.2) is 74.5 Å². The Bertz CT molecular complexity index is 793. The fourth-order valence-electron chi connectivity index (χ4n) is 3.46. The van der Waals surface area contributed by atoms with Gasteiger partial charge < -0.3 is 24.2 Å². The number of ether oxygens (including phenoxy) is 2. The highest BCUT2D eigenvalue weighted by Crippen LogP contribution is 2.24. The van der Waals surface area contributed by atoms with Crippen LogP contribution in [0, 0.1) is 0 Å². The van der Waals surface area contributed by atoms with Crippen LogP contribution in [0.5, 0.6) is 11.5 Å². The first-order valence-electron chi connectivity index (χ1n) is 9.95. The third-order valence-corrected chi connectivity index (χ3v) is 5.21. The van der Waals surface area contributed by atoms with E-state index in [0.29, 0.717) is 43.2 Å². The molecule has 8 heteroatoms. The van der Waals surface area contributed by atoms with Gasteiger partial charge in [0, 0.05) is 50.9 Å². The summed E-state index contributed by atoms with van der Waals surface area (Å²) in [5.74, 6) is 2.92. The molecule has 29 heavy (non-hydrogen) atoms. The van der Waals surface area contributed by atoms with Crippen LogP contribution in [0.3, 0.4) is 0 Å². The Hall–Kier alpha value is -3.03. The van der Waals surface area contributed by atoms with Crippen LogP contribution in [-0.2, 0) is 0 Å². The van der Waals surface area contributed by atoms with E-state index >= 15 is 0 Å². The number of anilines is 2. The summed E-state index contributed by atoms with van der Waals surface area (Å²) in [6, 6.07) is 9.26. The second-order valence-electron chi connectivity index (χ2n) is 6.80. The average Bonchev–Trinajstić information content (AvgIpc) is 2.79. The second kappa shape index (κ2) is 9.45. The van der Waals surface area contributed by atoms with Crippen LogP contribution in [0.4, 0.5) is 11.6 Å². The van der Waals surface area contributed by atoms with Gasteiger partial charge in [0.05, 0.1) is 14.2 Å². The fraction of sp³-hybridized carbons (Fsp3) is 0.476. The standard InChI is InChI=1S/C21H29N5O3/c1-5-24(6-2)19-7-8-20(23-22-19)25-9-11-26(12-10-25)21(27)16-13-17(28-3)15-18(14-16)29-4/h7-8,13-15H,5-6,9-12H2,1-4H3. The van der Waals surface area contributed by atoms with Crippen molar-refractivity contribution in [1.29, 1.82) is 0 Å². The maximum absolute atomic E-state index is 12.9. The molecule has 1 aromatic carbocycles. The van der Waals surface area contributed by atoms with Gasteiger partial charge in [-0.25, -0.2) is 0 Å². The van der Waals surface area contributed by atoms with E-state index < -0.39 is 0 Å². The number of carbonyl (C=O) groups is 1. The molecule has 0 aliphatic carbocycles. The predicted molar refractivity (Wildman–Crippen MR) is 113 cm³/mol. The van der Waals surface area contributed by atoms with Gasteiger partial charge in [0.2, 0.25) is 0 Å². The van der Waals surface area contributed by atoms with E-state index in [-0.39, 0.29) is 5.91 Å². The van der Waals surface area contributed by atoms with Gasteiger partial charge in [-0.3, -0.25) is 4.79 Å². The normalized spacial score (nSPS) is 13.9. The number of methoxy groups -OCH3 is 2. The lowest BCUT2D eigenvalue weighted by Gasteiger charge is -2.35. The minimum Gasteiger partial charge on any atom is -0.497 e. The van der Waals surface area contributed by atoms with Crippen molar-refractivity contribution in [2.75, 3.05) is 63.3 Å². The summed E-state index contributed by atoms with van der Waals surface area (Å²) in [6.07, 6.45) is 0. The predicted octanol–water partition coefficient (Wildman–Crippen LogP) is 2.30. The number of nitrogens with zero attached hydrogens (tertiary/aromatic N) is 5. The Morgan fingerprint density at radius 1 is 0.966 bits per heavy atom. The van der Waals surface area contributed by atoms with Gasteiger partial charge in [0.15, 0.2) is 11.6 Å². The van der Waals surface area contributed by atoms with Crippen molar-refractivity contribution in [3.8, 4) is 11.5 Å². The largest absolute Gasteiger partial charge is 0.497 e. The van der Waals surface area contributed by atoms with Crippen LogP contribution < -0.4 is 19.3 Å². The van der Waals surface area contributed by atoms with E-state index in [4.69, 9.17) is 9.47 Å². The molecule has 1 aromatic heterocycles. The van der Waals surface area contributed by atoms with Gasteiger partial charge in [-0.1, -0.05) is 0 Å². The summed E-state index contributed by atoms with van der Waals surface area (Å²) in [5, 5.41) is 8.75. The first-order chi connectivity index (χ1) is 14.1. The topological polar surface area (TPSA) is 71.0 Å². The maximum Gasteiger partial charge on any atom is 0.254 e. The number of piperazine rings is 1. The molecule has 0 unspecified atom stereocenters. The molecule has 0 N–H and O–H groups in total. The first-order valence-corrected chi connectivity index (χ1v) is 9.95. The van der Waals surface area contributed by atoms with Crippen LogP contribution in [0.2, 0.25) is 0 Å². The SMILES string of the molecule is CCN(CC)c1ccc(N2CCN(C(=O)c3cc(OC)cc(OC)c3)CC2)nn1. The third kappa shape index (κ3) is 4.70. The molecule has 2 heterocycles. The second-order valence-corrected chi connectivity index (χ2v) is 6.80. The highest BCUT2D eigenvalue weighted by molar-refractivity contribution is 5.95. The Kier molecular flexibility index (Phi) is 6.74. The van der Waals surface area contributed by atoms with Crippen LogP contribution in [0.25, 0.3) is 0 Å². The summed E-state index contributed by atoms with van der Waals surface area (Å²) < 4.78 is 10.5. The van der Waals surface area contributed by atoms with E-state index in [1.807, 2.05) is 17.0 Å². The molecule has 1 fully saturated rings. The molecule has 3 rings (SSSR count). The quantitative estimate of drug-likeness (QED) is 0.707. The molecule has 0 atom stereocenters. The lowest BCUT2D eigenvalue weighted by molar-refractivity contribution is 0.0745. The molecule has 1 saturated heterocycles. The van der Waals surface area contributed by atoms with Crippen molar-refractivity contribution in [2.24, 2.45) is 0 Å². The fourth-order valence-corrected chi connectivity index (χ4v) is 3.46. The summed E-state index contributed by atoms with van der Waals surface area (Å²) in [6.45, 7) is 8.69. The molecule has 1 aliphatic rings. The smallest absolute Gasteiger partial charge is 0.254 e. The number of hydrogen-bond donors (Lipinski definition) is 0. The minimum absolute atomic E-state index is 0.0233. The van der Waals surface area contributed by atoms with Crippen LogP contribution in [0.1, 0.15) is 24.2 Å². The highest BCUT2D eigenvalue weighted by atomic mass is 16.5. The summed E-state index contributed by atoms with van der Waals surface area (Å²) in [7, 11) is 3.16. The Labute approximate surface area is 172 Å². The maximum atomic E-state index is 12.9. The van der Waals surface area contributed by atoms with Crippen molar-refractivity contribution in [1.82, 2.24) is 15.1 Å². The van der Waals surface area contributed by atoms with Gasteiger partial charge in [0.1, 0.15) is 11.5 Å². The molecular weight excluding hydrogens is 370 g/mol. The number of benzene rings is 1. The number of rotatable bonds is 7. The molecule has 1 amide bonds. The first kappa shape index (κ1) is 20.7. The number of hydrogen-bond acceptors (Lipinski definition) is 7. The molecule has 2 aromatic rings. The monoisotopic (exact) mass is 399 g/mol. The molecule has 156 valence electrons. The van der Waals surface area contributed by atoms with E-state index in [2.05, 4.69) is 33.8 Å². The van der Waals surface area contributed by atoms with Crippen molar-refractivity contribution in [3.05, 3.63) is 35.9 Å². The number of aromatic nitrogens is 2. The molecule has 8 nitrogen and oxygen atoms in total. The zero-order chi connectivity index (χ0) is 20.8. The molecule has 0 radical (unpaired) electrons. The molecular formula is C21H29N5O3. The molecule has 1 aliphatic heterocycles. The van der Waals surface area contributed by atoms with Crippen LogP contribution >= 0.6 is 0 Å². The van der Waals surface area contributed by atoms with Gasteiger partial charge >= 0.3 is 0 Å². The summed E-state index contributed by atoms with van der Waals surface area (Å²) >= 11 is 0. The van der Waals surface area contributed by atoms with Gasteiger partial charge in [0.25, 0.3) is 5.91 Å². The molecule has 0 saturated carbocycles. The van der Waals surface area contributed by atoms with Gasteiger partial charge in [-0.2, -0.15) is 0 Å². The van der Waals surface area contributed by atoms with Crippen molar-refractivity contribution >= 4 is 17.5 Å². The van der Waals surface area contributed by atoms with E-state index in [9.17, 15) is 4.79 Å². The Morgan fingerprint density at radius 2 is 1.59 bits per heavy atom. The lowest BCUT2D eigenvalue weighted by Crippen LogP contribution is -2.49. The summed E-state index contributed by atoms with van der Waals surface area (Å²) in [5.41, 5.74) is 0.568.